The predicted octanol–water partition coefficient (Wildman–Crippen LogP) is 1.75. The molecule has 2 radical (unpaired) electrons. The summed E-state index contributed by atoms with van der Waals surface area (Å²) in [5, 5.41) is 8.43. The van der Waals surface area contributed by atoms with Gasteiger partial charge in [0.1, 0.15) is 0 Å². The van der Waals surface area contributed by atoms with Gasteiger partial charge >= 0.3 is 0 Å². The van der Waals surface area contributed by atoms with Crippen molar-refractivity contribution in [3.8, 4) is 6.07 Å². The van der Waals surface area contributed by atoms with Crippen molar-refractivity contribution in [2.45, 2.75) is 32.2 Å². The second kappa shape index (κ2) is 4.48. The number of hydrogen-bond donors (Lipinski definition) is 0. The first-order valence-corrected chi connectivity index (χ1v) is 4.39. The zero-order valence-electron chi connectivity index (χ0n) is 6.77. The van der Waals surface area contributed by atoms with Crippen LogP contribution in [0, 0.1) is 11.3 Å². The summed E-state index contributed by atoms with van der Waals surface area (Å²) in [6.45, 7) is 6.59. The topological polar surface area (TPSA) is 33.0 Å². The largest absolute Gasteiger partial charge is 0.416 e. The summed E-state index contributed by atoms with van der Waals surface area (Å²) in [5.41, 5.74) is 0. The van der Waals surface area contributed by atoms with Gasteiger partial charge in [0.2, 0.25) is 0 Å². The molecule has 1 atom stereocenters. The Morgan fingerprint density at radius 3 is 2.50 bits per heavy atom. The van der Waals surface area contributed by atoms with E-state index in [1.165, 1.54) is 0 Å². The van der Waals surface area contributed by atoms with Crippen molar-refractivity contribution in [1.29, 1.82) is 5.26 Å². The third-order valence-electron chi connectivity index (χ3n) is 1.40. The molecule has 0 aliphatic carbocycles. The van der Waals surface area contributed by atoms with Gasteiger partial charge in [0.25, 0.3) is 9.76 Å². The van der Waals surface area contributed by atoms with Gasteiger partial charge < -0.3 is 4.43 Å². The summed E-state index contributed by atoms with van der Waals surface area (Å²) in [6.07, 6.45) is 0.863. The van der Waals surface area contributed by atoms with Crippen LogP contribution in [0.3, 0.4) is 0 Å². The molecule has 0 fully saturated rings. The van der Waals surface area contributed by atoms with Crippen LogP contribution < -0.4 is 0 Å². The van der Waals surface area contributed by atoms with Crippen molar-refractivity contribution in [1.82, 2.24) is 0 Å². The summed E-state index contributed by atoms with van der Waals surface area (Å²) < 4.78 is 5.19. The van der Waals surface area contributed by atoms with Crippen molar-refractivity contribution in [3.63, 3.8) is 0 Å². The van der Waals surface area contributed by atoms with E-state index in [2.05, 4.69) is 6.07 Å². The minimum absolute atomic E-state index is 0.254. The third-order valence-corrected chi connectivity index (χ3v) is 2.74. The van der Waals surface area contributed by atoms with Crippen LogP contribution >= 0.6 is 0 Å². The molecule has 0 saturated carbocycles. The van der Waals surface area contributed by atoms with E-state index in [1.807, 2.05) is 20.8 Å². The lowest BCUT2D eigenvalue weighted by Gasteiger charge is -2.15. The highest BCUT2D eigenvalue weighted by Gasteiger charge is 2.23. The molecule has 0 rings (SSSR count). The first-order chi connectivity index (χ1) is 4.68. The minimum atomic E-state index is -0.254. The zero-order chi connectivity index (χ0) is 8.04. The van der Waals surface area contributed by atoms with E-state index in [9.17, 15) is 0 Å². The van der Waals surface area contributed by atoms with E-state index in [0.717, 1.165) is 6.42 Å². The highest BCUT2D eigenvalue weighted by molar-refractivity contribution is 6.33. The van der Waals surface area contributed by atoms with Gasteiger partial charge in [-0.3, -0.25) is 0 Å². The molecule has 0 bridgehead atoms. The maximum absolute atomic E-state index is 8.69. The Labute approximate surface area is 65.1 Å². The molecule has 0 aromatic rings. The minimum Gasteiger partial charge on any atom is -0.416 e. The van der Waals surface area contributed by atoms with Gasteiger partial charge in [0.05, 0.1) is 11.1 Å². The number of rotatable bonds is 4. The molecule has 0 heterocycles. The van der Waals surface area contributed by atoms with E-state index in [-0.39, 0.29) is 5.04 Å². The van der Waals surface area contributed by atoms with Crippen LogP contribution in [0.2, 0.25) is 5.04 Å². The van der Waals surface area contributed by atoms with Crippen LogP contribution in [0.25, 0.3) is 0 Å². The van der Waals surface area contributed by atoms with Crippen molar-refractivity contribution < 1.29 is 4.43 Å². The van der Waals surface area contributed by atoms with Crippen LogP contribution in [-0.4, -0.2) is 16.4 Å². The molecule has 56 valence electrons. The Balaban J connectivity index is 3.72. The molecule has 0 N–H and O–H groups in total. The predicted molar refractivity (Wildman–Crippen MR) is 41.7 cm³/mol. The van der Waals surface area contributed by atoms with Gasteiger partial charge in [-0.2, -0.15) is 5.26 Å². The highest BCUT2D eigenvalue weighted by atomic mass is 28.2. The lowest BCUT2D eigenvalue weighted by Crippen LogP contribution is -2.16. The summed E-state index contributed by atoms with van der Waals surface area (Å²) in [5.74, 6) is 0. The summed E-state index contributed by atoms with van der Waals surface area (Å²) >= 11 is 0. The number of nitrogens with zero attached hydrogens (tertiary/aromatic N) is 1. The number of nitriles is 1. The van der Waals surface area contributed by atoms with Gasteiger partial charge in [-0.1, -0.05) is 6.92 Å². The van der Waals surface area contributed by atoms with E-state index < -0.39 is 0 Å². The zero-order valence-corrected chi connectivity index (χ0v) is 7.77. The van der Waals surface area contributed by atoms with Crippen molar-refractivity contribution in [2.75, 3.05) is 6.61 Å². The van der Waals surface area contributed by atoms with E-state index in [4.69, 9.17) is 9.69 Å². The van der Waals surface area contributed by atoms with Gasteiger partial charge in [-0.05, 0) is 20.3 Å². The fourth-order valence-electron chi connectivity index (χ4n) is 0.406. The normalized spacial score (nSPS) is 15.8. The second-order valence-electron chi connectivity index (χ2n) is 2.33. The lowest BCUT2D eigenvalue weighted by molar-refractivity contribution is 0.345. The Kier molecular flexibility index (Phi) is 4.33. The molecule has 0 spiro atoms. The first kappa shape index (κ1) is 9.67. The molecule has 1 unspecified atom stereocenters. The van der Waals surface area contributed by atoms with E-state index in [1.54, 1.807) is 0 Å². The second-order valence-corrected chi connectivity index (χ2v) is 3.93. The van der Waals surface area contributed by atoms with Crippen molar-refractivity contribution in [3.05, 3.63) is 0 Å². The molecule has 0 aliphatic heterocycles. The molecule has 0 amide bonds. The fraction of sp³-hybridized carbons (Fsp3) is 0.857. The number of hydrogen-bond acceptors (Lipinski definition) is 2. The van der Waals surface area contributed by atoms with Crippen molar-refractivity contribution >= 4 is 9.76 Å². The standard InChI is InChI=1S/C7H13NOSi/c1-4-7(3,6-8)10-9-5-2/h4-5H2,1-3H3. The van der Waals surface area contributed by atoms with Gasteiger partial charge in [-0.25, -0.2) is 0 Å². The average Bonchev–Trinajstić information content (AvgIpc) is 2.00. The summed E-state index contributed by atoms with van der Waals surface area (Å²) in [7, 11) is 0.315. The molecular weight excluding hydrogens is 142 g/mol. The van der Waals surface area contributed by atoms with Crippen LogP contribution in [0.4, 0.5) is 0 Å². The Morgan fingerprint density at radius 1 is 1.60 bits per heavy atom. The molecule has 2 nitrogen and oxygen atoms in total. The smallest absolute Gasteiger partial charge is 0.251 e. The van der Waals surface area contributed by atoms with E-state index in [0.29, 0.717) is 16.4 Å². The summed E-state index contributed by atoms with van der Waals surface area (Å²) in [6, 6.07) is 2.25. The molecule has 10 heavy (non-hydrogen) atoms. The maximum atomic E-state index is 8.69. The Bertz CT molecular complexity index is 132. The molecular formula is C7H13NOSi. The molecule has 0 saturated heterocycles. The molecule has 0 aromatic carbocycles. The Morgan fingerprint density at radius 2 is 2.20 bits per heavy atom. The van der Waals surface area contributed by atoms with Gasteiger partial charge in [0, 0.05) is 6.61 Å². The maximum Gasteiger partial charge on any atom is 0.251 e. The Hall–Kier alpha value is -0.333. The highest BCUT2D eigenvalue weighted by Crippen LogP contribution is 2.26. The fourth-order valence-corrected chi connectivity index (χ4v) is 1.06. The molecule has 0 aliphatic rings. The molecule has 3 heteroatoms. The van der Waals surface area contributed by atoms with Crippen molar-refractivity contribution in [2.24, 2.45) is 0 Å². The van der Waals surface area contributed by atoms with Gasteiger partial charge in [-0.15, -0.1) is 0 Å². The first-order valence-electron chi connectivity index (χ1n) is 3.48. The quantitative estimate of drug-likeness (QED) is 0.579. The molecule has 0 aromatic heterocycles. The van der Waals surface area contributed by atoms with Crippen LogP contribution in [0.15, 0.2) is 0 Å². The summed E-state index contributed by atoms with van der Waals surface area (Å²) in [4.78, 5) is 0. The van der Waals surface area contributed by atoms with Crippen LogP contribution in [0.5, 0.6) is 0 Å². The van der Waals surface area contributed by atoms with E-state index >= 15 is 0 Å². The lowest BCUT2D eigenvalue weighted by atomic mass is 10.1. The third kappa shape index (κ3) is 2.99. The SMILES string of the molecule is CCO[Si]C(C)(C#N)CC. The van der Waals surface area contributed by atoms with Crippen LogP contribution in [0.1, 0.15) is 27.2 Å². The van der Waals surface area contributed by atoms with Gasteiger partial charge in [0.15, 0.2) is 0 Å². The monoisotopic (exact) mass is 155 g/mol. The average molecular weight is 155 g/mol. The van der Waals surface area contributed by atoms with Crippen LogP contribution in [-0.2, 0) is 4.43 Å².